The van der Waals surface area contributed by atoms with Crippen LogP contribution in [0.4, 0.5) is 0 Å². The van der Waals surface area contributed by atoms with E-state index in [1.807, 2.05) is 36.6 Å². The summed E-state index contributed by atoms with van der Waals surface area (Å²) in [6.07, 6.45) is 0. The van der Waals surface area contributed by atoms with E-state index in [2.05, 4.69) is 15.2 Å². The van der Waals surface area contributed by atoms with Gasteiger partial charge in [0.15, 0.2) is 0 Å². The third kappa shape index (κ3) is 3.49. The molecule has 3 aromatic rings. The molecule has 1 saturated heterocycles. The Kier molecular flexibility index (Phi) is 4.61. The minimum Gasteiger partial charge on any atom is -0.465 e. The van der Waals surface area contributed by atoms with E-state index in [4.69, 9.17) is 9.15 Å². The van der Waals surface area contributed by atoms with Crippen molar-refractivity contribution in [3.8, 4) is 0 Å². The van der Waals surface area contributed by atoms with Crippen LogP contribution in [-0.2, 0) is 4.74 Å². The van der Waals surface area contributed by atoms with E-state index >= 15 is 0 Å². The second-order valence-corrected chi connectivity index (χ2v) is 7.15. The Hall–Kier alpha value is -2.09. The van der Waals surface area contributed by atoms with E-state index in [-0.39, 0.29) is 11.9 Å². The number of carbonyl (C=O) groups is 1. The van der Waals surface area contributed by atoms with Crippen LogP contribution in [0.2, 0.25) is 0 Å². The van der Waals surface area contributed by atoms with Crippen LogP contribution in [0.1, 0.15) is 28.1 Å². The van der Waals surface area contributed by atoms with Gasteiger partial charge in [0.1, 0.15) is 17.2 Å². The van der Waals surface area contributed by atoms with Crippen molar-refractivity contribution in [1.29, 1.82) is 0 Å². The van der Waals surface area contributed by atoms with Gasteiger partial charge >= 0.3 is 0 Å². The van der Waals surface area contributed by atoms with Crippen molar-refractivity contribution >= 4 is 27.5 Å². The van der Waals surface area contributed by atoms with Gasteiger partial charge in [-0.2, -0.15) is 0 Å². The molecule has 6 nitrogen and oxygen atoms in total. The molecule has 0 saturated carbocycles. The number of hydrogen-bond acceptors (Lipinski definition) is 5. The first-order valence-electron chi connectivity index (χ1n) is 8.43. The lowest BCUT2D eigenvalue weighted by Crippen LogP contribution is -2.43. The van der Waals surface area contributed by atoms with Gasteiger partial charge in [0.25, 0.3) is 5.91 Å². The molecule has 3 aromatic heterocycles. The summed E-state index contributed by atoms with van der Waals surface area (Å²) in [6.45, 7) is 5.51. The number of aryl methyl sites for hydroxylation is 1. The van der Waals surface area contributed by atoms with Crippen LogP contribution in [0.3, 0.4) is 0 Å². The number of rotatable bonds is 5. The van der Waals surface area contributed by atoms with Gasteiger partial charge in [-0.05, 0) is 36.6 Å². The molecule has 1 amide bonds. The summed E-state index contributed by atoms with van der Waals surface area (Å²) in [5.74, 6) is 1.67. The van der Waals surface area contributed by atoms with E-state index in [0.717, 1.165) is 34.8 Å². The number of H-pyrrole nitrogens is 1. The van der Waals surface area contributed by atoms with Crippen molar-refractivity contribution in [3.05, 3.63) is 46.9 Å². The van der Waals surface area contributed by atoms with Crippen LogP contribution in [0.15, 0.2) is 34.1 Å². The van der Waals surface area contributed by atoms with Gasteiger partial charge in [-0.15, -0.1) is 11.3 Å². The van der Waals surface area contributed by atoms with Gasteiger partial charge in [0, 0.05) is 19.6 Å². The zero-order chi connectivity index (χ0) is 17.2. The lowest BCUT2D eigenvalue weighted by molar-refractivity contribution is 0.0117. The second kappa shape index (κ2) is 7.03. The SMILES string of the molecule is Cc1ccc([C@H](CNC(=O)c2cc3sccc3[nH]2)N2CCOCC2)o1. The molecule has 1 fully saturated rings. The van der Waals surface area contributed by atoms with Crippen molar-refractivity contribution in [2.24, 2.45) is 0 Å². The number of aromatic amines is 1. The van der Waals surface area contributed by atoms with E-state index in [0.29, 0.717) is 25.5 Å². The van der Waals surface area contributed by atoms with E-state index < -0.39 is 0 Å². The lowest BCUT2D eigenvalue weighted by atomic mass is 10.1. The Labute approximate surface area is 149 Å². The van der Waals surface area contributed by atoms with E-state index in [1.54, 1.807) is 11.3 Å². The molecule has 0 aliphatic carbocycles. The van der Waals surface area contributed by atoms with Gasteiger partial charge in [0.2, 0.25) is 0 Å². The molecular weight excluding hydrogens is 338 g/mol. The Morgan fingerprint density at radius 2 is 2.20 bits per heavy atom. The van der Waals surface area contributed by atoms with Gasteiger partial charge in [-0.25, -0.2) is 0 Å². The maximum absolute atomic E-state index is 12.5. The summed E-state index contributed by atoms with van der Waals surface area (Å²) < 4.78 is 12.4. The first kappa shape index (κ1) is 16.4. The van der Waals surface area contributed by atoms with Crippen molar-refractivity contribution in [2.75, 3.05) is 32.8 Å². The first-order chi connectivity index (χ1) is 12.2. The molecule has 7 heteroatoms. The highest BCUT2D eigenvalue weighted by Crippen LogP contribution is 2.24. The molecule has 0 unspecified atom stereocenters. The fraction of sp³-hybridized carbons (Fsp3) is 0.389. The molecular formula is C18H21N3O3S. The van der Waals surface area contributed by atoms with Crippen molar-refractivity contribution < 1.29 is 13.9 Å². The van der Waals surface area contributed by atoms with Crippen LogP contribution in [-0.4, -0.2) is 48.6 Å². The molecule has 0 radical (unpaired) electrons. The molecule has 132 valence electrons. The highest BCUT2D eigenvalue weighted by molar-refractivity contribution is 7.17. The number of hydrogen-bond donors (Lipinski definition) is 2. The fourth-order valence-electron chi connectivity index (χ4n) is 3.19. The second-order valence-electron chi connectivity index (χ2n) is 6.20. The van der Waals surface area contributed by atoms with E-state index in [1.165, 1.54) is 0 Å². The van der Waals surface area contributed by atoms with Crippen molar-refractivity contribution in [1.82, 2.24) is 15.2 Å². The lowest BCUT2D eigenvalue weighted by Gasteiger charge is -2.33. The molecule has 25 heavy (non-hydrogen) atoms. The Morgan fingerprint density at radius 3 is 2.92 bits per heavy atom. The Bertz CT molecular complexity index is 831. The van der Waals surface area contributed by atoms with Crippen LogP contribution in [0.25, 0.3) is 10.2 Å². The summed E-state index contributed by atoms with van der Waals surface area (Å²) in [4.78, 5) is 18.0. The number of amides is 1. The Morgan fingerprint density at radius 1 is 1.36 bits per heavy atom. The molecule has 0 aromatic carbocycles. The minimum absolute atomic E-state index is 0.0117. The maximum atomic E-state index is 12.5. The van der Waals surface area contributed by atoms with Gasteiger partial charge in [-0.3, -0.25) is 9.69 Å². The number of morpholine rings is 1. The van der Waals surface area contributed by atoms with Crippen LogP contribution in [0.5, 0.6) is 0 Å². The van der Waals surface area contributed by atoms with Gasteiger partial charge in [0.05, 0.1) is 29.5 Å². The van der Waals surface area contributed by atoms with Crippen LogP contribution in [0, 0.1) is 6.92 Å². The Balaban J connectivity index is 1.47. The molecule has 1 atom stereocenters. The van der Waals surface area contributed by atoms with Crippen molar-refractivity contribution in [2.45, 2.75) is 13.0 Å². The molecule has 0 spiro atoms. The molecule has 4 heterocycles. The summed E-state index contributed by atoms with van der Waals surface area (Å²) in [6, 6.07) is 7.85. The molecule has 0 bridgehead atoms. The largest absolute Gasteiger partial charge is 0.465 e. The van der Waals surface area contributed by atoms with Crippen LogP contribution < -0.4 is 5.32 Å². The van der Waals surface area contributed by atoms with Gasteiger partial charge in [-0.1, -0.05) is 0 Å². The smallest absolute Gasteiger partial charge is 0.267 e. The summed E-state index contributed by atoms with van der Waals surface area (Å²) in [5.41, 5.74) is 1.60. The average molecular weight is 359 g/mol. The highest BCUT2D eigenvalue weighted by atomic mass is 32.1. The number of ether oxygens (including phenoxy) is 1. The fourth-order valence-corrected chi connectivity index (χ4v) is 3.97. The summed E-state index contributed by atoms with van der Waals surface area (Å²) in [5, 5.41) is 5.06. The predicted octanol–water partition coefficient (Wildman–Crippen LogP) is 2.93. The normalized spacial score (nSPS) is 17.0. The number of fused-ring (bicyclic) bond motifs is 1. The number of nitrogens with one attached hydrogen (secondary N) is 2. The predicted molar refractivity (Wildman–Crippen MR) is 97.1 cm³/mol. The highest BCUT2D eigenvalue weighted by Gasteiger charge is 2.26. The topological polar surface area (TPSA) is 70.5 Å². The van der Waals surface area contributed by atoms with Gasteiger partial charge < -0.3 is 19.5 Å². The molecule has 2 N–H and O–H groups in total. The summed E-state index contributed by atoms with van der Waals surface area (Å²) >= 11 is 1.62. The maximum Gasteiger partial charge on any atom is 0.267 e. The summed E-state index contributed by atoms with van der Waals surface area (Å²) in [7, 11) is 0. The molecule has 1 aliphatic heterocycles. The zero-order valence-electron chi connectivity index (χ0n) is 14.1. The third-order valence-corrected chi connectivity index (χ3v) is 5.38. The molecule has 1 aliphatic rings. The quantitative estimate of drug-likeness (QED) is 0.735. The van der Waals surface area contributed by atoms with E-state index in [9.17, 15) is 4.79 Å². The monoisotopic (exact) mass is 359 g/mol. The zero-order valence-corrected chi connectivity index (χ0v) is 14.9. The number of nitrogens with zero attached hydrogens (tertiary/aromatic N) is 1. The number of furan rings is 1. The molecule has 4 rings (SSSR count). The number of aromatic nitrogens is 1. The third-order valence-electron chi connectivity index (χ3n) is 4.52. The van der Waals surface area contributed by atoms with Crippen LogP contribution >= 0.6 is 11.3 Å². The number of thiophene rings is 1. The first-order valence-corrected chi connectivity index (χ1v) is 9.31. The number of carbonyl (C=O) groups excluding carboxylic acids is 1. The van der Waals surface area contributed by atoms with Crippen molar-refractivity contribution in [3.63, 3.8) is 0 Å². The minimum atomic E-state index is -0.0927. The standard InChI is InChI=1S/C18H21N3O3S/c1-12-2-3-16(24-12)15(21-5-7-23-8-6-21)11-19-18(22)14-10-17-13(20-14)4-9-25-17/h2-4,9-10,15,20H,5-8,11H2,1H3,(H,19,22)/t15-/m0/s1. The average Bonchev–Trinajstić information content (AvgIpc) is 3.32.